The molecule has 0 saturated heterocycles. The van der Waals surface area contributed by atoms with Gasteiger partial charge in [-0.2, -0.15) is 0 Å². The number of carbonyl (C=O) groups is 2. The molecule has 202 valence electrons. The van der Waals surface area contributed by atoms with E-state index in [0.717, 1.165) is 9.79 Å². The number of nitrogen functional groups attached to an aromatic ring is 1. The van der Waals surface area contributed by atoms with Gasteiger partial charge in [0.2, 0.25) is 0 Å². The normalized spacial score (nSPS) is 10.2. The lowest BCUT2D eigenvalue weighted by Crippen LogP contribution is -2.31. The van der Waals surface area contributed by atoms with Crippen LogP contribution in [0.3, 0.4) is 0 Å². The second-order valence-corrected chi connectivity index (χ2v) is 9.23. The van der Waals surface area contributed by atoms with Crippen LogP contribution in [0.1, 0.15) is 21.5 Å². The molecule has 0 bridgehead atoms. The van der Waals surface area contributed by atoms with Crippen LogP contribution >= 0.6 is 11.8 Å². The third kappa shape index (κ3) is 9.19. The van der Waals surface area contributed by atoms with E-state index in [-0.39, 0.29) is 17.6 Å². The highest BCUT2D eigenvalue weighted by Gasteiger charge is 2.12. The summed E-state index contributed by atoms with van der Waals surface area (Å²) >= 11 is 1.42. The number of nitrogens with one attached hydrogen (secondary N) is 4. The molecule has 0 aliphatic carbocycles. The third-order valence-electron chi connectivity index (χ3n) is 5.29. The minimum Gasteiger partial charge on any atom is -0.398 e. The van der Waals surface area contributed by atoms with Crippen LogP contribution in [-0.2, 0) is 9.47 Å². The summed E-state index contributed by atoms with van der Waals surface area (Å²) in [6.07, 6.45) is 0. The van der Waals surface area contributed by atoms with Crippen molar-refractivity contribution in [2.75, 3.05) is 51.6 Å². The van der Waals surface area contributed by atoms with E-state index >= 15 is 0 Å². The molecule has 0 atom stereocenters. The second kappa shape index (κ2) is 15.2. The predicted octanol–water partition coefficient (Wildman–Crippen LogP) is 3.98. The summed E-state index contributed by atoms with van der Waals surface area (Å²) in [6, 6.07) is 19.4. The van der Waals surface area contributed by atoms with Gasteiger partial charge in [0.25, 0.3) is 5.91 Å². The summed E-state index contributed by atoms with van der Waals surface area (Å²) in [6.45, 7) is 1.73. The molecular formula is C29H31N5O4S. The number of rotatable bonds is 11. The van der Waals surface area contributed by atoms with Crippen molar-refractivity contribution in [3.8, 4) is 11.8 Å². The van der Waals surface area contributed by atoms with E-state index in [9.17, 15) is 9.59 Å². The van der Waals surface area contributed by atoms with Crippen LogP contribution in [0.5, 0.6) is 0 Å². The first-order chi connectivity index (χ1) is 18.9. The molecule has 10 heteroatoms. The first kappa shape index (κ1) is 29.3. The standard InChI is InChI=1S/C29H31N5O4S/c1-32-28(35)24-8-3-4-9-27(24)39-22-11-12-23(26(31)19-22)25(30)13-10-20-6-5-7-21(18-20)34-29(36)33-14-15-38-17-16-37-2/h3-9,11-12,18-19,30H,14-17,31H2,1-2H3,(H,32,35)(H2,33,34,36). The first-order valence-electron chi connectivity index (χ1n) is 12.1. The summed E-state index contributed by atoms with van der Waals surface area (Å²) in [4.78, 5) is 25.9. The smallest absolute Gasteiger partial charge is 0.319 e. The van der Waals surface area contributed by atoms with E-state index in [1.807, 2.05) is 24.3 Å². The Labute approximate surface area is 232 Å². The molecular weight excluding hydrogens is 514 g/mol. The Bertz CT molecular complexity index is 1380. The van der Waals surface area contributed by atoms with Crippen LogP contribution in [0, 0.1) is 17.3 Å². The molecule has 39 heavy (non-hydrogen) atoms. The fourth-order valence-corrected chi connectivity index (χ4v) is 4.36. The molecule has 0 unspecified atom stereocenters. The van der Waals surface area contributed by atoms with Gasteiger partial charge in [-0.05, 0) is 54.5 Å². The van der Waals surface area contributed by atoms with Crippen molar-refractivity contribution in [1.82, 2.24) is 10.6 Å². The molecule has 6 N–H and O–H groups in total. The van der Waals surface area contributed by atoms with Gasteiger partial charge in [-0.3, -0.25) is 10.2 Å². The van der Waals surface area contributed by atoms with Gasteiger partial charge >= 0.3 is 6.03 Å². The molecule has 0 fully saturated rings. The minimum atomic E-state index is -0.355. The van der Waals surface area contributed by atoms with Gasteiger partial charge in [0.05, 0.1) is 25.4 Å². The number of anilines is 2. The Balaban J connectivity index is 1.61. The first-order valence-corrected chi connectivity index (χ1v) is 12.9. The Morgan fingerprint density at radius 3 is 2.59 bits per heavy atom. The average Bonchev–Trinajstić information content (AvgIpc) is 2.94. The lowest BCUT2D eigenvalue weighted by molar-refractivity contribution is 0.0728. The number of benzene rings is 3. The average molecular weight is 546 g/mol. The van der Waals surface area contributed by atoms with Gasteiger partial charge in [-0.25, -0.2) is 4.79 Å². The number of ether oxygens (including phenoxy) is 2. The number of amides is 3. The molecule has 0 heterocycles. The number of methoxy groups -OCH3 is 1. The molecule has 3 aromatic rings. The van der Waals surface area contributed by atoms with Crippen LogP contribution in [0.25, 0.3) is 0 Å². The van der Waals surface area contributed by atoms with Crippen molar-refractivity contribution in [2.45, 2.75) is 9.79 Å². The summed E-state index contributed by atoms with van der Waals surface area (Å²) < 4.78 is 10.2. The van der Waals surface area contributed by atoms with Crippen LogP contribution in [0.2, 0.25) is 0 Å². The maximum Gasteiger partial charge on any atom is 0.319 e. The quantitative estimate of drug-likeness (QED) is 0.107. The molecule has 0 spiro atoms. The van der Waals surface area contributed by atoms with Gasteiger partial charge in [0.1, 0.15) is 5.71 Å². The largest absolute Gasteiger partial charge is 0.398 e. The SMILES string of the molecule is CNC(=O)c1ccccc1Sc1ccc(C(=N)C#Cc2cccc(NC(=O)NCCOCCOC)c2)c(N)c1. The van der Waals surface area contributed by atoms with Crippen LogP contribution < -0.4 is 21.7 Å². The van der Waals surface area contributed by atoms with E-state index in [1.165, 1.54) is 11.8 Å². The third-order valence-corrected chi connectivity index (χ3v) is 6.36. The van der Waals surface area contributed by atoms with E-state index in [2.05, 4.69) is 27.8 Å². The highest BCUT2D eigenvalue weighted by Crippen LogP contribution is 2.32. The zero-order chi connectivity index (χ0) is 28.0. The van der Waals surface area contributed by atoms with E-state index < -0.39 is 0 Å². The summed E-state index contributed by atoms with van der Waals surface area (Å²) in [5, 5.41) is 16.5. The Hall–Kier alpha value is -4.30. The molecule has 9 nitrogen and oxygen atoms in total. The Morgan fingerprint density at radius 1 is 1.00 bits per heavy atom. The van der Waals surface area contributed by atoms with Gasteiger partial charge in [-0.15, -0.1) is 0 Å². The maximum absolute atomic E-state index is 12.2. The molecule has 3 amide bonds. The van der Waals surface area contributed by atoms with Gasteiger partial charge in [0, 0.05) is 53.0 Å². The molecule has 0 aliphatic rings. The number of urea groups is 1. The topological polar surface area (TPSA) is 139 Å². The van der Waals surface area contributed by atoms with Gasteiger partial charge in [0.15, 0.2) is 0 Å². The molecule has 0 radical (unpaired) electrons. The lowest BCUT2D eigenvalue weighted by atomic mass is 10.1. The number of hydrogen-bond acceptors (Lipinski definition) is 7. The fourth-order valence-electron chi connectivity index (χ4n) is 3.37. The fraction of sp³-hybridized carbons (Fsp3) is 0.207. The van der Waals surface area contributed by atoms with Gasteiger partial charge in [-0.1, -0.05) is 35.9 Å². The second-order valence-electron chi connectivity index (χ2n) is 8.12. The van der Waals surface area contributed by atoms with E-state index in [4.69, 9.17) is 20.6 Å². The molecule has 0 aliphatic heterocycles. The van der Waals surface area contributed by atoms with E-state index in [0.29, 0.717) is 54.4 Å². The Kier molecular flexibility index (Phi) is 11.4. The molecule has 0 saturated carbocycles. The minimum absolute atomic E-state index is 0.0689. The van der Waals surface area contributed by atoms with Crippen LogP contribution in [-0.4, -0.2) is 58.2 Å². The molecule has 3 rings (SSSR count). The Morgan fingerprint density at radius 2 is 1.82 bits per heavy atom. The highest BCUT2D eigenvalue weighted by molar-refractivity contribution is 7.99. The summed E-state index contributed by atoms with van der Waals surface area (Å²) in [7, 11) is 3.19. The zero-order valence-electron chi connectivity index (χ0n) is 21.8. The maximum atomic E-state index is 12.2. The number of carbonyl (C=O) groups excluding carboxylic acids is 2. The van der Waals surface area contributed by atoms with Crippen molar-refractivity contribution in [3.05, 3.63) is 83.4 Å². The van der Waals surface area contributed by atoms with Crippen LogP contribution in [0.4, 0.5) is 16.2 Å². The molecule has 0 aromatic heterocycles. The predicted molar refractivity (Wildman–Crippen MR) is 155 cm³/mol. The summed E-state index contributed by atoms with van der Waals surface area (Å²) in [5.74, 6) is 5.62. The summed E-state index contributed by atoms with van der Waals surface area (Å²) in [5.41, 5.74) is 9.02. The highest BCUT2D eigenvalue weighted by atomic mass is 32.2. The van der Waals surface area contributed by atoms with Crippen molar-refractivity contribution < 1.29 is 19.1 Å². The van der Waals surface area contributed by atoms with Gasteiger partial charge < -0.3 is 31.2 Å². The zero-order valence-corrected chi connectivity index (χ0v) is 22.6. The van der Waals surface area contributed by atoms with E-state index in [1.54, 1.807) is 56.6 Å². The van der Waals surface area contributed by atoms with Crippen molar-refractivity contribution in [1.29, 1.82) is 5.41 Å². The van der Waals surface area contributed by atoms with Crippen LogP contribution in [0.15, 0.2) is 76.5 Å². The monoisotopic (exact) mass is 545 g/mol. The van der Waals surface area contributed by atoms with Crippen molar-refractivity contribution in [3.63, 3.8) is 0 Å². The lowest BCUT2D eigenvalue weighted by Gasteiger charge is -2.10. The van der Waals surface area contributed by atoms with Crippen molar-refractivity contribution in [2.24, 2.45) is 0 Å². The van der Waals surface area contributed by atoms with Crippen molar-refractivity contribution >= 4 is 40.8 Å². The number of nitrogens with two attached hydrogens (primary N) is 1. The number of hydrogen-bond donors (Lipinski definition) is 5. The molecule has 3 aromatic carbocycles.